The summed E-state index contributed by atoms with van der Waals surface area (Å²) in [5.74, 6) is -1.02. The highest BCUT2D eigenvalue weighted by atomic mass is 16.4. The highest BCUT2D eigenvalue weighted by Gasteiger charge is 2.42. The fourth-order valence-corrected chi connectivity index (χ4v) is 2.95. The van der Waals surface area contributed by atoms with E-state index in [4.69, 9.17) is 0 Å². The summed E-state index contributed by atoms with van der Waals surface area (Å²) in [6, 6.07) is -0.211. The van der Waals surface area contributed by atoms with E-state index in [0.717, 1.165) is 45.1 Å². The topological polar surface area (TPSA) is 78.4 Å². The number of carboxylic acid groups (broad SMARTS) is 1. The normalized spacial score (nSPS) is 27.4. The fraction of sp³-hybridized carbons (Fsp3) is 0.846. The van der Waals surface area contributed by atoms with Gasteiger partial charge in [0.05, 0.1) is 6.04 Å². The summed E-state index contributed by atoms with van der Waals surface area (Å²) in [7, 11) is 0. The smallest absolute Gasteiger partial charge is 0.329 e. The maximum atomic E-state index is 12.1. The van der Waals surface area contributed by atoms with Crippen LogP contribution in [0.25, 0.3) is 0 Å². The molecular weight excluding hydrogens is 232 g/mol. The molecular formula is C13H22N2O3. The van der Waals surface area contributed by atoms with Gasteiger partial charge in [-0.1, -0.05) is 25.7 Å². The van der Waals surface area contributed by atoms with E-state index < -0.39 is 11.5 Å². The molecule has 18 heavy (non-hydrogen) atoms. The van der Waals surface area contributed by atoms with E-state index in [0.29, 0.717) is 12.8 Å². The van der Waals surface area contributed by atoms with Gasteiger partial charge >= 0.3 is 5.97 Å². The van der Waals surface area contributed by atoms with Gasteiger partial charge in [0.15, 0.2) is 0 Å². The Bertz CT molecular complexity index is 318. The standard InChI is InChI=1S/C13H22N2O3/c16-11(10-6-2-5-9-14-10)15-13(12(17)18)7-3-1-4-8-13/h10,14H,1-9H2,(H,15,16)(H,17,18). The van der Waals surface area contributed by atoms with Crippen molar-refractivity contribution in [2.75, 3.05) is 6.54 Å². The van der Waals surface area contributed by atoms with Gasteiger partial charge in [-0.05, 0) is 32.2 Å². The third kappa shape index (κ3) is 2.83. The minimum atomic E-state index is -1.02. The molecule has 5 heteroatoms. The molecule has 1 saturated carbocycles. The van der Waals surface area contributed by atoms with Gasteiger partial charge in [-0.25, -0.2) is 4.79 Å². The summed E-state index contributed by atoms with van der Waals surface area (Å²) in [5, 5.41) is 15.4. The Kier molecular flexibility index (Phi) is 4.22. The van der Waals surface area contributed by atoms with Crippen LogP contribution in [0.1, 0.15) is 51.4 Å². The van der Waals surface area contributed by atoms with E-state index in [9.17, 15) is 14.7 Å². The van der Waals surface area contributed by atoms with Crippen molar-refractivity contribution in [3.05, 3.63) is 0 Å². The summed E-state index contributed by atoms with van der Waals surface area (Å²) in [6.07, 6.45) is 6.87. The van der Waals surface area contributed by atoms with Gasteiger partial charge in [-0.2, -0.15) is 0 Å². The number of amides is 1. The summed E-state index contributed by atoms with van der Waals surface area (Å²) in [4.78, 5) is 23.6. The number of hydrogen-bond donors (Lipinski definition) is 3. The maximum absolute atomic E-state index is 12.1. The number of rotatable bonds is 3. The van der Waals surface area contributed by atoms with Gasteiger partial charge in [0.1, 0.15) is 5.54 Å². The van der Waals surface area contributed by atoms with Crippen molar-refractivity contribution in [3.8, 4) is 0 Å². The Morgan fingerprint density at radius 3 is 2.39 bits per heavy atom. The van der Waals surface area contributed by atoms with Crippen LogP contribution in [0.5, 0.6) is 0 Å². The molecule has 1 saturated heterocycles. The molecule has 102 valence electrons. The van der Waals surface area contributed by atoms with Crippen LogP contribution in [0.15, 0.2) is 0 Å². The highest BCUT2D eigenvalue weighted by molar-refractivity contribution is 5.89. The molecule has 2 fully saturated rings. The van der Waals surface area contributed by atoms with Crippen molar-refractivity contribution < 1.29 is 14.7 Å². The van der Waals surface area contributed by atoms with Crippen molar-refractivity contribution >= 4 is 11.9 Å². The van der Waals surface area contributed by atoms with Gasteiger partial charge in [0.25, 0.3) is 0 Å². The first-order valence-electron chi connectivity index (χ1n) is 6.93. The lowest BCUT2D eigenvalue weighted by molar-refractivity contribution is -0.149. The van der Waals surface area contributed by atoms with Crippen LogP contribution in [0.3, 0.4) is 0 Å². The third-order valence-electron chi connectivity index (χ3n) is 4.11. The number of nitrogens with one attached hydrogen (secondary N) is 2. The Hall–Kier alpha value is -1.10. The lowest BCUT2D eigenvalue weighted by Crippen LogP contribution is -2.60. The summed E-state index contributed by atoms with van der Waals surface area (Å²) in [6.45, 7) is 0.845. The molecule has 0 aromatic carbocycles. The van der Waals surface area contributed by atoms with Gasteiger partial charge in [-0.3, -0.25) is 4.79 Å². The molecule has 1 aliphatic heterocycles. The molecule has 0 spiro atoms. The Balaban J connectivity index is 1.99. The van der Waals surface area contributed by atoms with E-state index in [1.165, 1.54) is 0 Å². The van der Waals surface area contributed by atoms with E-state index >= 15 is 0 Å². The van der Waals surface area contributed by atoms with Crippen molar-refractivity contribution in [1.29, 1.82) is 0 Å². The number of aliphatic carboxylic acids is 1. The molecule has 3 N–H and O–H groups in total. The second-order valence-electron chi connectivity index (χ2n) is 5.44. The predicted octanol–water partition coefficient (Wildman–Crippen LogP) is 1.03. The first kappa shape index (κ1) is 13.3. The molecule has 5 nitrogen and oxygen atoms in total. The molecule has 1 unspecified atom stereocenters. The molecule has 1 atom stereocenters. The van der Waals surface area contributed by atoms with Gasteiger partial charge in [0, 0.05) is 0 Å². The number of piperidine rings is 1. The lowest BCUT2D eigenvalue weighted by atomic mass is 9.81. The maximum Gasteiger partial charge on any atom is 0.329 e. The van der Waals surface area contributed by atoms with Crippen molar-refractivity contribution in [1.82, 2.24) is 10.6 Å². The third-order valence-corrected chi connectivity index (χ3v) is 4.11. The monoisotopic (exact) mass is 254 g/mol. The van der Waals surface area contributed by atoms with Crippen LogP contribution in [-0.4, -0.2) is 35.1 Å². The zero-order valence-corrected chi connectivity index (χ0v) is 10.7. The van der Waals surface area contributed by atoms with Crippen molar-refractivity contribution in [2.24, 2.45) is 0 Å². The van der Waals surface area contributed by atoms with Crippen LogP contribution >= 0.6 is 0 Å². The van der Waals surface area contributed by atoms with Crippen LogP contribution in [-0.2, 0) is 9.59 Å². The first-order valence-corrected chi connectivity index (χ1v) is 6.93. The summed E-state index contributed by atoms with van der Waals surface area (Å²) in [5.41, 5.74) is -1.02. The van der Waals surface area contributed by atoms with Gasteiger partial charge < -0.3 is 15.7 Å². The SMILES string of the molecule is O=C(NC1(C(=O)O)CCCCC1)C1CCCCN1. The predicted molar refractivity (Wildman–Crippen MR) is 67.2 cm³/mol. The molecule has 0 aromatic heterocycles. The van der Waals surface area contributed by atoms with E-state index in [1.807, 2.05) is 0 Å². The second kappa shape index (κ2) is 5.69. The second-order valence-corrected chi connectivity index (χ2v) is 5.44. The van der Waals surface area contributed by atoms with Crippen LogP contribution in [0.2, 0.25) is 0 Å². The van der Waals surface area contributed by atoms with Gasteiger partial charge in [-0.15, -0.1) is 0 Å². The summed E-state index contributed by atoms with van der Waals surface area (Å²) < 4.78 is 0. The average molecular weight is 254 g/mol. The highest BCUT2D eigenvalue weighted by Crippen LogP contribution is 2.28. The molecule has 1 amide bonds. The molecule has 1 aliphatic carbocycles. The fourth-order valence-electron chi connectivity index (χ4n) is 2.95. The number of carbonyl (C=O) groups excluding carboxylic acids is 1. The van der Waals surface area contributed by atoms with Crippen LogP contribution in [0, 0.1) is 0 Å². The Morgan fingerprint density at radius 2 is 1.83 bits per heavy atom. The lowest BCUT2D eigenvalue weighted by Gasteiger charge is -2.35. The molecule has 0 bridgehead atoms. The minimum Gasteiger partial charge on any atom is -0.480 e. The van der Waals surface area contributed by atoms with Crippen molar-refractivity contribution in [3.63, 3.8) is 0 Å². The Labute approximate surface area is 107 Å². The zero-order chi connectivity index (χ0) is 13.0. The van der Waals surface area contributed by atoms with E-state index in [2.05, 4.69) is 10.6 Å². The number of carbonyl (C=O) groups is 2. The van der Waals surface area contributed by atoms with E-state index in [-0.39, 0.29) is 11.9 Å². The number of carboxylic acids is 1. The van der Waals surface area contributed by atoms with E-state index in [1.54, 1.807) is 0 Å². The Morgan fingerprint density at radius 1 is 1.11 bits per heavy atom. The van der Waals surface area contributed by atoms with Crippen LogP contribution < -0.4 is 10.6 Å². The first-order chi connectivity index (χ1) is 8.64. The molecule has 0 aromatic rings. The zero-order valence-electron chi connectivity index (χ0n) is 10.7. The summed E-state index contributed by atoms with van der Waals surface area (Å²) >= 11 is 0. The largest absolute Gasteiger partial charge is 0.480 e. The minimum absolute atomic E-state index is 0.140. The van der Waals surface area contributed by atoms with Crippen molar-refractivity contribution in [2.45, 2.75) is 62.9 Å². The molecule has 2 rings (SSSR count). The van der Waals surface area contributed by atoms with Crippen LogP contribution in [0.4, 0.5) is 0 Å². The molecule has 0 radical (unpaired) electrons. The number of hydrogen-bond acceptors (Lipinski definition) is 3. The molecule has 1 heterocycles. The van der Waals surface area contributed by atoms with Gasteiger partial charge in [0.2, 0.25) is 5.91 Å². The quantitative estimate of drug-likeness (QED) is 0.703. The molecule has 2 aliphatic rings. The average Bonchev–Trinajstić information content (AvgIpc) is 2.40.